The molecule has 2 atom stereocenters. The van der Waals surface area contributed by atoms with Gasteiger partial charge in [-0.05, 0) is 60.9 Å². The first-order valence-electron chi connectivity index (χ1n) is 11.8. The molecule has 0 unspecified atom stereocenters. The van der Waals surface area contributed by atoms with Gasteiger partial charge in [-0.1, -0.05) is 36.4 Å². The molecule has 4 rings (SSSR count). The zero-order chi connectivity index (χ0) is 25.3. The number of ether oxygens (including phenoxy) is 1. The minimum atomic E-state index is -0.776. The summed E-state index contributed by atoms with van der Waals surface area (Å²) in [5.41, 5.74) is 2.44. The first-order valence-corrected chi connectivity index (χ1v) is 11.8. The van der Waals surface area contributed by atoms with Gasteiger partial charge in [0.05, 0.1) is 23.8 Å². The molecule has 3 aromatic rings. The number of benzene rings is 3. The highest BCUT2D eigenvalue weighted by atomic mass is 16.5. The predicted molar refractivity (Wildman–Crippen MR) is 135 cm³/mol. The number of amides is 3. The first kappa shape index (κ1) is 24.8. The smallest absolute Gasteiger partial charge is 0.321 e. The molecule has 8 nitrogen and oxygen atoms in total. The molecule has 0 saturated carbocycles. The van der Waals surface area contributed by atoms with Crippen LogP contribution in [0.3, 0.4) is 0 Å². The molecule has 1 aliphatic heterocycles. The molecule has 3 aromatic carbocycles. The van der Waals surface area contributed by atoms with Crippen LogP contribution in [0.5, 0.6) is 5.75 Å². The molecular formula is C28H28N4O4. The summed E-state index contributed by atoms with van der Waals surface area (Å²) in [7, 11) is 0. The van der Waals surface area contributed by atoms with E-state index in [-0.39, 0.29) is 18.5 Å². The van der Waals surface area contributed by atoms with Gasteiger partial charge >= 0.3 is 6.03 Å². The van der Waals surface area contributed by atoms with E-state index in [0.717, 1.165) is 5.56 Å². The van der Waals surface area contributed by atoms with Gasteiger partial charge < -0.3 is 25.4 Å². The minimum Gasteiger partial charge on any atom is -0.489 e. The number of carbonyl (C=O) groups is 2. The number of carbonyl (C=O) groups excluding carboxylic acids is 2. The molecule has 3 N–H and O–H groups in total. The van der Waals surface area contributed by atoms with E-state index in [2.05, 4.69) is 10.6 Å². The highest BCUT2D eigenvalue weighted by molar-refractivity contribution is 5.94. The number of urea groups is 1. The lowest BCUT2D eigenvalue weighted by Crippen LogP contribution is -2.50. The lowest BCUT2D eigenvalue weighted by molar-refractivity contribution is 0.0811. The van der Waals surface area contributed by atoms with E-state index in [1.54, 1.807) is 53.4 Å². The standard InChI is InChI=1S/C28H28N4O4/c29-17-21-8-4-9-23(16-21)30-28(35)32-15-5-10-26(33)25(18-32)31-27(34)22-11-13-24(14-12-22)36-19-20-6-2-1-3-7-20/h1-4,6-9,11-14,16,25-26,33H,5,10,15,18-19H2,(H,30,35)(H,31,34)/t25-,26+/m0/s1. The molecule has 3 amide bonds. The van der Waals surface area contributed by atoms with Gasteiger partial charge in [-0.3, -0.25) is 4.79 Å². The number of hydrogen-bond donors (Lipinski definition) is 3. The molecule has 0 radical (unpaired) electrons. The van der Waals surface area contributed by atoms with Gasteiger partial charge in [0.25, 0.3) is 5.91 Å². The Bertz CT molecular complexity index is 1220. The van der Waals surface area contributed by atoms with Crippen LogP contribution in [0.15, 0.2) is 78.9 Å². The highest BCUT2D eigenvalue weighted by Gasteiger charge is 2.29. The van der Waals surface area contributed by atoms with Crippen molar-refractivity contribution in [2.75, 3.05) is 18.4 Å². The number of nitrogens with zero attached hydrogens (tertiary/aromatic N) is 2. The van der Waals surface area contributed by atoms with Crippen molar-refractivity contribution in [2.24, 2.45) is 0 Å². The van der Waals surface area contributed by atoms with Crippen LogP contribution in [-0.4, -0.2) is 47.2 Å². The van der Waals surface area contributed by atoms with E-state index in [1.165, 1.54) is 0 Å². The van der Waals surface area contributed by atoms with Crippen LogP contribution in [0, 0.1) is 11.3 Å². The Morgan fingerprint density at radius 2 is 1.83 bits per heavy atom. The van der Waals surface area contributed by atoms with Crippen molar-refractivity contribution in [3.63, 3.8) is 0 Å². The number of aliphatic hydroxyl groups is 1. The van der Waals surface area contributed by atoms with Crippen LogP contribution < -0.4 is 15.4 Å². The van der Waals surface area contributed by atoms with Gasteiger partial charge in [-0.2, -0.15) is 5.26 Å². The van der Waals surface area contributed by atoms with Gasteiger partial charge in [0.15, 0.2) is 0 Å². The second kappa shape index (κ2) is 11.9. The second-order valence-electron chi connectivity index (χ2n) is 8.66. The van der Waals surface area contributed by atoms with Crippen LogP contribution in [0.4, 0.5) is 10.5 Å². The average Bonchev–Trinajstić information content (AvgIpc) is 3.09. The zero-order valence-electron chi connectivity index (χ0n) is 19.8. The van der Waals surface area contributed by atoms with Crippen molar-refractivity contribution in [3.05, 3.63) is 95.6 Å². The average molecular weight is 485 g/mol. The molecule has 0 aromatic heterocycles. The van der Waals surface area contributed by atoms with Gasteiger partial charge in [0.1, 0.15) is 12.4 Å². The topological polar surface area (TPSA) is 115 Å². The lowest BCUT2D eigenvalue weighted by Gasteiger charge is -2.27. The number of anilines is 1. The maximum absolute atomic E-state index is 12.9. The van der Waals surface area contributed by atoms with Gasteiger partial charge in [0, 0.05) is 24.3 Å². The summed E-state index contributed by atoms with van der Waals surface area (Å²) in [6.45, 7) is 1.04. The Morgan fingerprint density at radius 1 is 1.06 bits per heavy atom. The Labute approximate surface area is 210 Å². The monoisotopic (exact) mass is 484 g/mol. The summed E-state index contributed by atoms with van der Waals surface area (Å²) in [4.78, 5) is 27.3. The summed E-state index contributed by atoms with van der Waals surface area (Å²) < 4.78 is 5.77. The Kier molecular flexibility index (Phi) is 8.16. The third-order valence-corrected chi connectivity index (χ3v) is 6.02. The Hall–Kier alpha value is -4.35. The molecule has 0 bridgehead atoms. The fraction of sp³-hybridized carbons (Fsp3) is 0.250. The summed E-state index contributed by atoms with van der Waals surface area (Å²) >= 11 is 0. The molecule has 184 valence electrons. The molecule has 1 fully saturated rings. The van der Waals surface area contributed by atoms with Gasteiger partial charge in [-0.15, -0.1) is 0 Å². The molecular weight excluding hydrogens is 456 g/mol. The lowest BCUT2D eigenvalue weighted by atomic mass is 10.1. The number of rotatable bonds is 6. The van der Waals surface area contributed by atoms with E-state index in [9.17, 15) is 14.7 Å². The molecule has 1 heterocycles. The second-order valence-corrected chi connectivity index (χ2v) is 8.66. The number of nitriles is 1. The summed E-state index contributed by atoms with van der Waals surface area (Å²) in [6, 6.07) is 24.3. The van der Waals surface area contributed by atoms with Crippen molar-refractivity contribution in [1.82, 2.24) is 10.2 Å². The van der Waals surface area contributed by atoms with Crippen LogP contribution in [-0.2, 0) is 6.61 Å². The summed E-state index contributed by atoms with van der Waals surface area (Å²) in [5.74, 6) is 0.311. The maximum Gasteiger partial charge on any atom is 0.321 e. The number of aliphatic hydroxyl groups excluding tert-OH is 1. The van der Waals surface area contributed by atoms with Gasteiger partial charge in [-0.25, -0.2) is 4.79 Å². The Morgan fingerprint density at radius 3 is 2.58 bits per heavy atom. The molecule has 8 heteroatoms. The quantitative estimate of drug-likeness (QED) is 0.491. The van der Waals surface area contributed by atoms with Crippen LogP contribution in [0.1, 0.15) is 34.3 Å². The van der Waals surface area contributed by atoms with Gasteiger partial charge in [0.2, 0.25) is 0 Å². The Balaban J connectivity index is 1.35. The van der Waals surface area contributed by atoms with Crippen molar-refractivity contribution >= 4 is 17.6 Å². The van der Waals surface area contributed by atoms with Crippen LogP contribution in [0.2, 0.25) is 0 Å². The predicted octanol–water partition coefficient (Wildman–Crippen LogP) is 3.92. The van der Waals surface area contributed by atoms with Crippen LogP contribution >= 0.6 is 0 Å². The van der Waals surface area contributed by atoms with Crippen molar-refractivity contribution in [2.45, 2.75) is 31.6 Å². The molecule has 36 heavy (non-hydrogen) atoms. The molecule has 1 aliphatic rings. The number of likely N-dealkylation sites (tertiary alicyclic amines) is 1. The van der Waals surface area contributed by atoms with E-state index in [4.69, 9.17) is 10.00 Å². The number of hydrogen-bond acceptors (Lipinski definition) is 5. The molecule has 0 spiro atoms. The summed E-state index contributed by atoms with van der Waals surface area (Å²) in [5, 5.41) is 25.3. The third kappa shape index (κ3) is 6.62. The van der Waals surface area contributed by atoms with E-state index < -0.39 is 12.1 Å². The molecule has 1 saturated heterocycles. The van der Waals surface area contributed by atoms with Crippen molar-refractivity contribution in [3.8, 4) is 11.8 Å². The summed E-state index contributed by atoms with van der Waals surface area (Å²) in [6.07, 6.45) is 0.291. The van der Waals surface area contributed by atoms with Crippen molar-refractivity contribution in [1.29, 1.82) is 5.26 Å². The van der Waals surface area contributed by atoms with E-state index >= 15 is 0 Å². The van der Waals surface area contributed by atoms with Crippen molar-refractivity contribution < 1.29 is 19.4 Å². The normalized spacial score (nSPS) is 17.4. The highest BCUT2D eigenvalue weighted by Crippen LogP contribution is 2.17. The fourth-order valence-electron chi connectivity index (χ4n) is 4.03. The van der Waals surface area contributed by atoms with Crippen LogP contribution in [0.25, 0.3) is 0 Å². The van der Waals surface area contributed by atoms with E-state index in [0.29, 0.717) is 48.6 Å². The SMILES string of the molecule is N#Cc1cccc(NC(=O)N2CCC[C@@H](O)[C@@H](NC(=O)c3ccc(OCc4ccccc4)cc3)C2)c1. The number of nitrogens with one attached hydrogen (secondary N) is 2. The first-order chi connectivity index (χ1) is 17.5. The molecule has 0 aliphatic carbocycles. The fourth-order valence-corrected chi connectivity index (χ4v) is 4.03. The zero-order valence-corrected chi connectivity index (χ0v) is 19.8. The maximum atomic E-state index is 12.9. The van der Waals surface area contributed by atoms with E-state index in [1.807, 2.05) is 36.4 Å². The largest absolute Gasteiger partial charge is 0.489 e. The minimum absolute atomic E-state index is 0.162. The third-order valence-electron chi connectivity index (χ3n) is 6.02.